The maximum Gasteiger partial charge on any atom is 0.573 e. The van der Waals surface area contributed by atoms with E-state index in [9.17, 15) is 13.2 Å². The van der Waals surface area contributed by atoms with Crippen LogP contribution in [0.25, 0.3) is 21.9 Å². The summed E-state index contributed by atoms with van der Waals surface area (Å²) in [6.07, 6.45) is -3.11. The van der Waals surface area contributed by atoms with Gasteiger partial charge < -0.3 is 9.30 Å². The molecule has 2 aromatic carbocycles. The lowest BCUT2D eigenvalue weighted by molar-refractivity contribution is -0.274. The van der Waals surface area contributed by atoms with E-state index in [1.54, 1.807) is 18.3 Å². The Labute approximate surface area is 156 Å². The second-order valence-corrected chi connectivity index (χ2v) is 6.65. The van der Waals surface area contributed by atoms with Crippen LogP contribution in [-0.4, -0.2) is 15.9 Å². The number of fused-ring (bicyclic) bond motifs is 3. The lowest BCUT2D eigenvalue weighted by Gasteiger charge is -2.10. The third kappa shape index (κ3) is 3.58. The fourth-order valence-electron chi connectivity index (χ4n) is 3.12. The normalized spacial score (nSPS) is 12.0. The first-order chi connectivity index (χ1) is 12.9. The highest BCUT2D eigenvalue weighted by molar-refractivity contribution is 7.97. The van der Waals surface area contributed by atoms with Crippen molar-refractivity contribution in [2.45, 2.75) is 17.8 Å². The van der Waals surface area contributed by atoms with Crippen molar-refractivity contribution >= 4 is 33.9 Å². The van der Waals surface area contributed by atoms with Crippen LogP contribution in [0.5, 0.6) is 5.75 Å². The van der Waals surface area contributed by atoms with Gasteiger partial charge in [-0.05, 0) is 60.0 Å². The summed E-state index contributed by atoms with van der Waals surface area (Å²) in [6.45, 7) is 0.556. The third-order valence-corrected chi connectivity index (χ3v) is 4.77. The highest BCUT2D eigenvalue weighted by Crippen LogP contribution is 2.33. The van der Waals surface area contributed by atoms with E-state index in [2.05, 4.69) is 9.72 Å². The number of halogens is 3. The van der Waals surface area contributed by atoms with Gasteiger partial charge in [0.15, 0.2) is 0 Å². The predicted octanol–water partition coefficient (Wildman–Crippen LogP) is 5.10. The number of hydrogen-bond acceptors (Lipinski definition) is 4. The maximum absolute atomic E-state index is 12.6. The quantitative estimate of drug-likeness (QED) is 0.493. The summed E-state index contributed by atoms with van der Waals surface area (Å²) >= 11 is 1.17. The molecule has 8 heteroatoms. The van der Waals surface area contributed by atoms with Crippen molar-refractivity contribution < 1.29 is 17.9 Å². The molecule has 0 saturated carbocycles. The third-order valence-electron chi connectivity index (χ3n) is 4.22. The Morgan fingerprint density at radius 2 is 1.81 bits per heavy atom. The van der Waals surface area contributed by atoms with Crippen molar-refractivity contribution in [2.75, 3.05) is 0 Å². The van der Waals surface area contributed by atoms with Crippen LogP contribution in [0.3, 0.4) is 0 Å². The second kappa shape index (κ2) is 6.79. The molecule has 0 aliphatic carbocycles. The molecule has 0 fully saturated rings. The Balaban J connectivity index is 1.83. The van der Waals surface area contributed by atoms with Gasteiger partial charge in [0, 0.05) is 23.0 Å². The van der Waals surface area contributed by atoms with Crippen molar-refractivity contribution in [1.82, 2.24) is 9.55 Å². The molecule has 0 bridgehead atoms. The molecule has 0 spiro atoms. The van der Waals surface area contributed by atoms with E-state index in [1.807, 2.05) is 34.9 Å². The Morgan fingerprint density at radius 1 is 1.04 bits per heavy atom. The summed E-state index contributed by atoms with van der Waals surface area (Å²) in [4.78, 5) is 5.31. The minimum Gasteiger partial charge on any atom is -0.406 e. The maximum atomic E-state index is 12.6. The van der Waals surface area contributed by atoms with Gasteiger partial charge in [0.1, 0.15) is 5.75 Å². The highest BCUT2D eigenvalue weighted by Gasteiger charge is 2.31. The molecule has 4 aromatic rings. The summed E-state index contributed by atoms with van der Waals surface area (Å²) in [5.74, 6) is -0.260. The number of nitrogens with zero attached hydrogens (tertiary/aromatic N) is 2. The molecule has 27 heavy (non-hydrogen) atoms. The van der Waals surface area contributed by atoms with E-state index in [0.717, 1.165) is 21.5 Å². The van der Waals surface area contributed by atoms with E-state index < -0.39 is 6.36 Å². The predicted molar refractivity (Wildman–Crippen MR) is 99.5 cm³/mol. The summed E-state index contributed by atoms with van der Waals surface area (Å²) in [6, 6.07) is 15.8. The first kappa shape index (κ1) is 17.7. The fraction of sp³-hybridized carbons (Fsp3) is 0.105. The van der Waals surface area contributed by atoms with Gasteiger partial charge in [0.25, 0.3) is 0 Å². The smallest absolute Gasteiger partial charge is 0.406 e. The minimum atomic E-state index is -4.73. The number of hydrogen-bond donors (Lipinski definition) is 1. The Kier molecular flexibility index (Phi) is 4.45. The van der Waals surface area contributed by atoms with Crippen molar-refractivity contribution in [1.29, 1.82) is 0 Å². The van der Waals surface area contributed by atoms with Gasteiger partial charge in [0.2, 0.25) is 0 Å². The van der Waals surface area contributed by atoms with Crippen molar-refractivity contribution in [3.8, 4) is 5.75 Å². The Hall–Kier alpha value is -2.71. The molecule has 0 radical (unpaired) electrons. The monoisotopic (exact) mass is 389 g/mol. The molecule has 0 unspecified atom stereocenters. The lowest BCUT2D eigenvalue weighted by Crippen LogP contribution is -2.17. The molecule has 2 N–H and O–H groups in total. The van der Waals surface area contributed by atoms with E-state index in [-0.39, 0.29) is 5.75 Å². The fourth-order valence-corrected chi connectivity index (χ4v) is 3.41. The first-order valence-corrected chi connectivity index (χ1v) is 8.91. The van der Waals surface area contributed by atoms with E-state index in [0.29, 0.717) is 17.4 Å². The van der Waals surface area contributed by atoms with Gasteiger partial charge in [-0.1, -0.05) is 12.1 Å². The van der Waals surface area contributed by atoms with Crippen LogP contribution in [-0.2, 0) is 6.54 Å². The van der Waals surface area contributed by atoms with Gasteiger partial charge in [-0.25, -0.2) is 0 Å². The molecule has 2 aromatic heterocycles. The van der Waals surface area contributed by atoms with E-state index >= 15 is 0 Å². The van der Waals surface area contributed by atoms with Gasteiger partial charge in [-0.3, -0.25) is 10.1 Å². The topological polar surface area (TPSA) is 53.1 Å². The van der Waals surface area contributed by atoms with Gasteiger partial charge >= 0.3 is 6.36 Å². The molecule has 138 valence electrons. The molecule has 0 amide bonds. The highest BCUT2D eigenvalue weighted by atomic mass is 32.2. The second-order valence-electron chi connectivity index (χ2n) is 5.95. The Morgan fingerprint density at radius 3 is 2.52 bits per heavy atom. The van der Waals surface area contributed by atoms with Gasteiger partial charge in [-0.15, -0.1) is 13.2 Å². The lowest BCUT2D eigenvalue weighted by atomic mass is 10.2. The van der Waals surface area contributed by atoms with Crippen LogP contribution in [0.2, 0.25) is 0 Å². The zero-order chi connectivity index (χ0) is 19.0. The van der Waals surface area contributed by atoms with Crippen molar-refractivity contribution in [2.24, 2.45) is 5.14 Å². The van der Waals surface area contributed by atoms with Crippen LogP contribution in [0.1, 0.15) is 5.56 Å². The van der Waals surface area contributed by atoms with E-state index in [1.165, 1.54) is 24.1 Å². The van der Waals surface area contributed by atoms with Crippen LogP contribution in [0.4, 0.5) is 13.2 Å². The molecule has 0 atom stereocenters. The first-order valence-electron chi connectivity index (χ1n) is 8.03. The van der Waals surface area contributed by atoms with Crippen LogP contribution in [0.15, 0.2) is 65.7 Å². The number of rotatable bonds is 4. The molecule has 0 aliphatic heterocycles. The average Bonchev–Trinajstić information content (AvgIpc) is 2.95. The molecule has 2 heterocycles. The molecule has 0 saturated heterocycles. The van der Waals surface area contributed by atoms with Crippen molar-refractivity contribution in [3.63, 3.8) is 0 Å². The molecule has 0 aliphatic rings. The molecular formula is C19H14F3N3OS. The summed E-state index contributed by atoms with van der Waals surface area (Å²) in [7, 11) is 0. The largest absolute Gasteiger partial charge is 0.573 e. The number of aromatic nitrogens is 2. The van der Waals surface area contributed by atoms with Crippen molar-refractivity contribution in [3.05, 3.63) is 66.4 Å². The number of pyridine rings is 1. The van der Waals surface area contributed by atoms with Gasteiger partial charge in [0.05, 0.1) is 16.6 Å². The summed E-state index contributed by atoms with van der Waals surface area (Å²) in [5, 5.41) is 6.17. The number of alkyl halides is 3. The zero-order valence-electron chi connectivity index (χ0n) is 13.9. The van der Waals surface area contributed by atoms with Crippen LogP contribution in [0, 0.1) is 0 Å². The summed E-state index contributed by atoms with van der Waals surface area (Å²) in [5.41, 5.74) is 3.31. The molecule has 4 nitrogen and oxygen atoms in total. The zero-order valence-corrected chi connectivity index (χ0v) is 14.7. The molecular weight excluding hydrogens is 375 g/mol. The number of benzene rings is 2. The summed E-state index contributed by atoms with van der Waals surface area (Å²) < 4.78 is 43.8. The number of nitrogens with two attached hydrogens (primary N) is 1. The van der Waals surface area contributed by atoms with E-state index in [4.69, 9.17) is 5.14 Å². The SMILES string of the molecule is NSc1ccc(Cn2c3ccc(OC(F)(F)F)cc3c3ncccc32)cc1. The van der Waals surface area contributed by atoms with Crippen LogP contribution >= 0.6 is 11.9 Å². The Bertz CT molecular complexity index is 1110. The standard InChI is InChI=1S/C19H14F3N3OS/c20-19(21,22)26-13-5-8-16-15(10-13)18-17(2-1-9-24-18)25(16)11-12-3-6-14(27-23)7-4-12/h1-10H,11,23H2. The van der Waals surface area contributed by atoms with Crippen LogP contribution < -0.4 is 9.88 Å². The molecule has 4 rings (SSSR count). The average molecular weight is 389 g/mol. The minimum absolute atomic E-state index is 0.260. The number of ether oxygens (including phenoxy) is 1. The van der Waals surface area contributed by atoms with Gasteiger partial charge in [-0.2, -0.15) is 0 Å².